The summed E-state index contributed by atoms with van der Waals surface area (Å²) in [7, 11) is 0. The third kappa shape index (κ3) is 3.84. The molecule has 0 aliphatic heterocycles. The zero-order valence-corrected chi connectivity index (χ0v) is 6.38. The number of hydrogen-bond donors (Lipinski definition) is 0. The van der Waals surface area contributed by atoms with Crippen molar-refractivity contribution in [1.29, 1.82) is 0 Å². The largest absolute Gasteiger partial charge is 0.296 e. The van der Waals surface area contributed by atoms with Gasteiger partial charge in [0.25, 0.3) is 0 Å². The molecule has 0 fully saturated rings. The third-order valence-electron chi connectivity index (χ3n) is 1.01. The molecular formula is C9H13N. The Hall–Kier alpha value is -1.11. The second-order valence-corrected chi connectivity index (χ2v) is 1.86. The van der Waals surface area contributed by atoms with Crippen molar-refractivity contribution < 1.29 is 0 Å². The molecule has 0 aliphatic carbocycles. The van der Waals surface area contributed by atoms with Gasteiger partial charge in [-0.3, -0.25) is 4.99 Å². The molecule has 1 nitrogen and oxygen atoms in total. The van der Waals surface area contributed by atoms with E-state index in [1.54, 1.807) is 6.08 Å². The summed E-state index contributed by atoms with van der Waals surface area (Å²) in [5.41, 5.74) is 1.13. The average Bonchev–Trinajstić information content (AvgIpc) is 1.90. The summed E-state index contributed by atoms with van der Waals surface area (Å²) in [4.78, 5) is 3.76. The van der Waals surface area contributed by atoms with Gasteiger partial charge in [0, 0.05) is 0 Å². The van der Waals surface area contributed by atoms with Gasteiger partial charge in [-0.2, -0.15) is 0 Å². The fourth-order valence-corrected chi connectivity index (χ4v) is 0.656. The van der Waals surface area contributed by atoms with E-state index in [0.717, 1.165) is 5.57 Å². The monoisotopic (exact) mass is 135 g/mol. The molecule has 0 aromatic rings. The van der Waals surface area contributed by atoms with Crippen molar-refractivity contribution in [3.63, 3.8) is 0 Å². The fraction of sp³-hybridized carbons (Fsp3) is 0.222. The van der Waals surface area contributed by atoms with Crippen LogP contribution in [-0.2, 0) is 0 Å². The van der Waals surface area contributed by atoms with Crippen LogP contribution < -0.4 is 0 Å². The highest BCUT2D eigenvalue weighted by Crippen LogP contribution is 1.96. The van der Waals surface area contributed by atoms with Gasteiger partial charge in [-0.25, -0.2) is 0 Å². The Kier molecular flexibility index (Phi) is 5.35. The minimum atomic E-state index is 0.663. The third-order valence-corrected chi connectivity index (χ3v) is 1.01. The second kappa shape index (κ2) is 6.02. The summed E-state index contributed by atoms with van der Waals surface area (Å²) in [6, 6.07) is 0. The number of nitrogens with zero attached hydrogens (tertiary/aromatic N) is 1. The first kappa shape index (κ1) is 8.89. The lowest BCUT2D eigenvalue weighted by Gasteiger charge is -1.92. The number of allylic oxidation sites excluding steroid dienone is 3. The van der Waals surface area contributed by atoms with E-state index in [-0.39, 0.29) is 0 Å². The minimum absolute atomic E-state index is 0.663. The Labute approximate surface area is 62.5 Å². The maximum atomic E-state index is 3.76. The molecule has 0 aliphatic rings. The quantitative estimate of drug-likeness (QED) is 0.414. The summed E-state index contributed by atoms with van der Waals surface area (Å²) < 4.78 is 0. The van der Waals surface area contributed by atoms with Crippen LogP contribution in [0.2, 0.25) is 0 Å². The van der Waals surface area contributed by atoms with E-state index < -0.39 is 0 Å². The van der Waals surface area contributed by atoms with E-state index >= 15 is 0 Å². The van der Waals surface area contributed by atoms with Gasteiger partial charge in [0.15, 0.2) is 0 Å². The molecule has 0 heterocycles. The van der Waals surface area contributed by atoms with Crippen molar-refractivity contribution in [3.8, 4) is 0 Å². The van der Waals surface area contributed by atoms with Crippen molar-refractivity contribution in [1.82, 2.24) is 0 Å². The summed E-state index contributed by atoms with van der Waals surface area (Å²) in [5.74, 6) is 0. The van der Waals surface area contributed by atoms with E-state index in [1.165, 1.54) is 0 Å². The average molecular weight is 135 g/mol. The highest BCUT2D eigenvalue weighted by molar-refractivity contribution is 5.29. The Morgan fingerprint density at radius 3 is 2.70 bits per heavy atom. The molecule has 10 heavy (non-hydrogen) atoms. The SMILES string of the molecule is C=C/C=C(\C=C/C)CN=C. The topological polar surface area (TPSA) is 12.4 Å². The lowest BCUT2D eigenvalue weighted by molar-refractivity contribution is 1.20. The molecular weight excluding hydrogens is 122 g/mol. The Balaban J connectivity index is 4.09. The smallest absolute Gasteiger partial charge is 0.0632 e. The molecule has 0 amide bonds. The van der Waals surface area contributed by atoms with Gasteiger partial charge >= 0.3 is 0 Å². The van der Waals surface area contributed by atoms with E-state index in [4.69, 9.17) is 0 Å². The molecule has 0 saturated carbocycles. The van der Waals surface area contributed by atoms with Gasteiger partial charge in [-0.1, -0.05) is 30.9 Å². The van der Waals surface area contributed by atoms with Gasteiger partial charge in [-0.15, -0.1) is 0 Å². The van der Waals surface area contributed by atoms with E-state index in [1.807, 2.05) is 25.2 Å². The summed E-state index contributed by atoms with van der Waals surface area (Å²) >= 11 is 0. The Bertz CT molecular complexity index is 164. The van der Waals surface area contributed by atoms with Gasteiger partial charge in [-0.05, 0) is 19.2 Å². The molecule has 0 N–H and O–H groups in total. The number of rotatable bonds is 4. The van der Waals surface area contributed by atoms with Crippen LogP contribution in [0.1, 0.15) is 6.92 Å². The molecule has 1 heteroatoms. The minimum Gasteiger partial charge on any atom is -0.296 e. The van der Waals surface area contributed by atoms with E-state index in [0.29, 0.717) is 6.54 Å². The maximum Gasteiger partial charge on any atom is 0.0632 e. The molecule has 0 saturated heterocycles. The lowest BCUT2D eigenvalue weighted by Crippen LogP contribution is -1.81. The molecule has 0 radical (unpaired) electrons. The predicted octanol–water partition coefficient (Wildman–Crippen LogP) is 2.38. The number of hydrogen-bond acceptors (Lipinski definition) is 1. The summed E-state index contributed by atoms with van der Waals surface area (Å²) in [6.45, 7) is 9.63. The molecule has 0 rings (SSSR count). The molecule has 0 aromatic carbocycles. The normalized spacial score (nSPS) is 11.9. The number of aliphatic imine (C=N–C) groups is 1. The molecule has 0 atom stereocenters. The first-order chi connectivity index (χ1) is 4.85. The van der Waals surface area contributed by atoms with Gasteiger partial charge in [0.2, 0.25) is 0 Å². The van der Waals surface area contributed by atoms with Crippen LogP contribution in [-0.4, -0.2) is 13.3 Å². The first-order valence-corrected chi connectivity index (χ1v) is 3.22. The van der Waals surface area contributed by atoms with Crippen LogP contribution in [0.25, 0.3) is 0 Å². The zero-order valence-electron chi connectivity index (χ0n) is 6.38. The molecule has 54 valence electrons. The van der Waals surface area contributed by atoms with Gasteiger partial charge < -0.3 is 0 Å². The molecule has 0 spiro atoms. The Morgan fingerprint density at radius 2 is 2.30 bits per heavy atom. The summed E-state index contributed by atoms with van der Waals surface area (Å²) in [6.07, 6.45) is 7.64. The standard InChI is InChI=1S/C9H13N/c1-4-6-9(7-5-2)8-10-3/h4-7H,1,3,8H2,2H3/b7-5-,9-6+. The van der Waals surface area contributed by atoms with Crippen LogP contribution in [0.3, 0.4) is 0 Å². The molecule has 0 bridgehead atoms. The van der Waals surface area contributed by atoms with Crippen LogP contribution in [0.5, 0.6) is 0 Å². The van der Waals surface area contributed by atoms with Crippen LogP contribution in [0, 0.1) is 0 Å². The van der Waals surface area contributed by atoms with Crippen molar-refractivity contribution in [2.24, 2.45) is 4.99 Å². The van der Waals surface area contributed by atoms with Crippen molar-refractivity contribution >= 4 is 6.72 Å². The van der Waals surface area contributed by atoms with E-state index in [9.17, 15) is 0 Å². The van der Waals surface area contributed by atoms with Crippen LogP contribution in [0.15, 0.2) is 41.4 Å². The highest BCUT2D eigenvalue weighted by Gasteiger charge is 1.84. The van der Waals surface area contributed by atoms with Crippen molar-refractivity contribution in [2.75, 3.05) is 6.54 Å². The fourth-order valence-electron chi connectivity index (χ4n) is 0.656. The van der Waals surface area contributed by atoms with Crippen molar-refractivity contribution in [2.45, 2.75) is 6.92 Å². The predicted molar refractivity (Wildman–Crippen MR) is 47.5 cm³/mol. The van der Waals surface area contributed by atoms with Crippen LogP contribution >= 0.6 is 0 Å². The van der Waals surface area contributed by atoms with Gasteiger partial charge in [0.05, 0.1) is 6.54 Å². The molecule has 0 unspecified atom stereocenters. The highest BCUT2D eigenvalue weighted by atomic mass is 14.7. The van der Waals surface area contributed by atoms with E-state index in [2.05, 4.69) is 18.3 Å². The molecule has 0 aromatic heterocycles. The zero-order chi connectivity index (χ0) is 7.82. The summed E-state index contributed by atoms with van der Waals surface area (Å²) in [5, 5.41) is 0. The lowest BCUT2D eigenvalue weighted by atomic mass is 10.2. The maximum absolute atomic E-state index is 3.76. The second-order valence-electron chi connectivity index (χ2n) is 1.86. The van der Waals surface area contributed by atoms with Crippen LogP contribution in [0.4, 0.5) is 0 Å². The Morgan fingerprint density at radius 1 is 1.60 bits per heavy atom. The first-order valence-electron chi connectivity index (χ1n) is 3.22. The van der Waals surface area contributed by atoms with Gasteiger partial charge in [0.1, 0.15) is 0 Å². The van der Waals surface area contributed by atoms with Crippen molar-refractivity contribution in [3.05, 3.63) is 36.5 Å².